The average molecular weight is 312 g/mol. The fraction of sp³-hybridized carbons (Fsp3) is 0.316. The normalized spacial score (nSPS) is 13.4. The van der Waals surface area contributed by atoms with E-state index in [0.717, 1.165) is 30.1 Å². The Kier molecular flexibility index (Phi) is 5.14. The van der Waals surface area contributed by atoms with Gasteiger partial charge < -0.3 is 14.2 Å². The Morgan fingerprint density at radius 3 is 2.43 bits per heavy atom. The van der Waals surface area contributed by atoms with Gasteiger partial charge in [-0.1, -0.05) is 24.3 Å². The lowest BCUT2D eigenvalue weighted by Crippen LogP contribution is -2.10. The predicted octanol–water partition coefficient (Wildman–Crippen LogP) is 4.20. The molecule has 1 aliphatic rings. The quantitative estimate of drug-likeness (QED) is 0.541. The minimum Gasteiger partial charge on any atom is -0.493 e. The molecule has 120 valence electrons. The summed E-state index contributed by atoms with van der Waals surface area (Å²) in [5, 5.41) is 0. The standard InChI is InChI=1S/C19H20O4/c20-19(15-10-11-15)22-13-5-12-21-17-8-4-9-18(14-17)23-16-6-2-1-3-7-16/h1-4,6-9,14-15H,5,10-13H2. The van der Waals surface area contributed by atoms with Gasteiger partial charge >= 0.3 is 5.97 Å². The lowest BCUT2D eigenvalue weighted by molar-refractivity contribution is -0.145. The maximum Gasteiger partial charge on any atom is 0.308 e. The Morgan fingerprint density at radius 2 is 1.65 bits per heavy atom. The van der Waals surface area contributed by atoms with Gasteiger partial charge in [0.2, 0.25) is 0 Å². The first-order valence-corrected chi connectivity index (χ1v) is 7.94. The van der Waals surface area contributed by atoms with Crippen molar-refractivity contribution < 1.29 is 19.0 Å². The molecule has 0 radical (unpaired) electrons. The van der Waals surface area contributed by atoms with E-state index in [4.69, 9.17) is 14.2 Å². The fourth-order valence-corrected chi connectivity index (χ4v) is 2.11. The minimum atomic E-state index is -0.0664. The van der Waals surface area contributed by atoms with Crippen LogP contribution in [0.25, 0.3) is 0 Å². The Bertz CT molecular complexity index is 635. The van der Waals surface area contributed by atoms with Crippen molar-refractivity contribution in [2.45, 2.75) is 19.3 Å². The van der Waals surface area contributed by atoms with E-state index in [0.29, 0.717) is 19.6 Å². The van der Waals surface area contributed by atoms with Crippen molar-refractivity contribution in [3.05, 3.63) is 54.6 Å². The Labute approximate surface area is 136 Å². The highest BCUT2D eigenvalue weighted by molar-refractivity contribution is 5.74. The first-order valence-electron chi connectivity index (χ1n) is 7.94. The Morgan fingerprint density at radius 1 is 0.913 bits per heavy atom. The number of rotatable bonds is 8. The van der Waals surface area contributed by atoms with E-state index in [1.807, 2.05) is 54.6 Å². The molecule has 0 aromatic heterocycles. The zero-order valence-corrected chi connectivity index (χ0v) is 12.9. The van der Waals surface area contributed by atoms with Gasteiger partial charge in [0.15, 0.2) is 0 Å². The molecule has 4 heteroatoms. The number of benzene rings is 2. The van der Waals surface area contributed by atoms with Crippen molar-refractivity contribution in [3.63, 3.8) is 0 Å². The summed E-state index contributed by atoms with van der Waals surface area (Å²) in [6, 6.07) is 17.1. The van der Waals surface area contributed by atoms with E-state index in [9.17, 15) is 4.79 Å². The number of carbonyl (C=O) groups excluding carboxylic acids is 1. The molecule has 1 fully saturated rings. The number of esters is 1. The highest BCUT2D eigenvalue weighted by Crippen LogP contribution is 2.30. The Balaban J connectivity index is 1.41. The van der Waals surface area contributed by atoms with Crippen molar-refractivity contribution in [1.29, 1.82) is 0 Å². The van der Waals surface area contributed by atoms with E-state index in [1.165, 1.54) is 0 Å². The summed E-state index contributed by atoms with van der Waals surface area (Å²) in [6.45, 7) is 0.919. The molecule has 0 aliphatic heterocycles. The predicted molar refractivity (Wildman–Crippen MR) is 86.8 cm³/mol. The van der Waals surface area contributed by atoms with E-state index in [1.54, 1.807) is 0 Å². The van der Waals surface area contributed by atoms with E-state index >= 15 is 0 Å². The Hall–Kier alpha value is -2.49. The summed E-state index contributed by atoms with van der Waals surface area (Å²) < 4.78 is 16.6. The molecule has 4 nitrogen and oxygen atoms in total. The number of hydrogen-bond donors (Lipinski definition) is 0. The first-order chi connectivity index (χ1) is 11.3. The number of hydrogen-bond acceptors (Lipinski definition) is 4. The van der Waals surface area contributed by atoms with Crippen molar-refractivity contribution >= 4 is 5.97 Å². The fourth-order valence-electron chi connectivity index (χ4n) is 2.11. The number of carbonyl (C=O) groups is 1. The van der Waals surface area contributed by atoms with Crippen LogP contribution in [0.5, 0.6) is 17.2 Å². The molecule has 2 aromatic carbocycles. The van der Waals surface area contributed by atoms with Gasteiger partial charge in [-0.05, 0) is 37.1 Å². The van der Waals surface area contributed by atoms with E-state index < -0.39 is 0 Å². The molecular weight excluding hydrogens is 292 g/mol. The molecule has 0 spiro atoms. The second-order valence-corrected chi connectivity index (χ2v) is 5.53. The first kappa shape index (κ1) is 15.4. The maximum atomic E-state index is 11.4. The van der Waals surface area contributed by atoms with Crippen LogP contribution < -0.4 is 9.47 Å². The summed E-state index contributed by atoms with van der Waals surface area (Å²) in [5.74, 6) is 2.35. The molecule has 0 saturated heterocycles. The number of para-hydroxylation sites is 1. The van der Waals surface area contributed by atoms with Crippen LogP contribution in [0, 0.1) is 5.92 Å². The molecule has 0 atom stereocenters. The van der Waals surface area contributed by atoms with E-state index in [2.05, 4.69) is 0 Å². The van der Waals surface area contributed by atoms with Crippen LogP contribution >= 0.6 is 0 Å². The molecule has 3 rings (SSSR count). The van der Waals surface area contributed by atoms with Crippen LogP contribution in [0.15, 0.2) is 54.6 Å². The molecule has 2 aromatic rings. The molecule has 0 bridgehead atoms. The molecule has 1 saturated carbocycles. The highest BCUT2D eigenvalue weighted by Gasteiger charge is 2.30. The van der Waals surface area contributed by atoms with Crippen LogP contribution in [0.3, 0.4) is 0 Å². The molecule has 0 N–H and O–H groups in total. The van der Waals surface area contributed by atoms with Crippen LogP contribution in [-0.4, -0.2) is 19.2 Å². The van der Waals surface area contributed by atoms with Crippen LogP contribution in [0.2, 0.25) is 0 Å². The molecule has 23 heavy (non-hydrogen) atoms. The lowest BCUT2D eigenvalue weighted by Gasteiger charge is -2.09. The van der Waals surface area contributed by atoms with Gasteiger partial charge in [0.25, 0.3) is 0 Å². The van der Waals surface area contributed by atoms with E-state index in [-0.39, 0.29) is 11.9 Å². The van der Waals surface area contributed by atoms with Gasteiger partial charge in [-0.25, -0.2) is 0 Å². The SMILES string of the molecule is O=C(OCCCOc1cccc(Oc2ccccc2)c1)C1CC1. The zero-order chi connectivity index (χ0) is 15.9. The second-order valence-electron chi connectivity index (χ2n) is 5.53. The topological polar surface area (TPSA) is 44.8 Å². The highest BCUT2D eigenvalue weighted by atomic mass is 16.5. The summed E-state index contributed by atoms with van der Waals surface area (Å²) in [6.07, 6.45) is 2.63. The molecule has 0 unspecified atom stereocenters. The van der Waals surface area contributed by atoms with Gasteiger partial charge in [-0.15, -0.1) is 0 Å². The smallest absolute Gasteiger partial charge is 0.308 e. The van der Waals surface area contributed by atoms with Crippen molar-refractivity contribution in [3.8, 4) is 17.2 Å². The van der Waals surface area contributed by atoms with Crippen molar-refractivity contribution in [2.24, 2.45) is 5.92 Å². The third-order valence-electron chi connectivity index (χ3n) is 3.50. The summed E-state index contributed by atoms with van der Waals surface area (Å²) in [4.78, 5) is 11.4. The van der Waals surface area contributed by atoms with Gasteiger partial charge in [0.05, 0.1) is 19.1 Å². The minimum absolute atomic E-state index is 0.0664. The second kappa shape index (κ2) is 7.68. The largest absolute Gasteiger partial charge is 0.493 e. The van der Waals surface area contributed by atoms with Gasteiger partial charge in [-0.3, -0.25) is 4.79 Å². The van der Waals surface area contributed by atoms with Crippen molar-refractivity contribution in [1.82, 2.24) is 0 Å². The van der Waals surface area contributed by atoms with Gasteiger partial charge in [0.1, 0.15) is 17.2 Å². The zero-order valence-electron chi connectivity index (χ0n) is 12.9. The van der Waals surface area contributed by atoms with Crippen LogP contribution in [0.4, 0.5) is 0 Å². The summed E-state index contributed by atoms with van der Waals surface area (Å²) in [7, 11) is 0. The molecular formula is C19H20O4. The summed E-state index contributed by atoms with van der Waals surface area (Å²) >= 11 is 0. The lowest BCUT2D eigenvalue weighted by atomic mass is 10.3. The molecule has 0 amide bonds. The maximum absolute atomic E-state index is 11.4. The number of ether oxygens (including phenoxy) is 3. The molecule has 0 heterocycles. The van der Waals surface area contributed by atoms with Gasteiger partial charge in [0, 0.05) is 12.5 Å². The third-order valence-corrected chi connectivity index (χ3v) is 3.50. The summed E-state index contributed by atoms with van der Waals surface area (Å²) in [5.41, 5.74) is 0. The van der Waals surface area contributed by atoms with Crippen LogP contribution in [0.1, 0.15) is 19.3 Å². The van der Waals surface area contributed by atoms with Gasteiger partial charge in [-0.2, -0.15) is 0 Å². The monoisotopic (exact) mass is 312 g/mol. The molecule has 1 aliphatic carbocycles. The third kappa shape index (κ3) is 5.02. The van der Waals surface area contributed by atoms with Crippen molar-refractivity contribution in [2.75, 3.05) is 13.2 Å². The van der Waals surface area contributed by atoms with Crippen LogP contribution in [-0.2, 0) is 9.53 Å². The average Bonchev–Trinajstić information content (AvgIpc) is 3.41.